The molecule has 0 saturated heterocycles. The Bertz CT molecular complexity index is 254. The zero-order valence-electron chi connectivity index (χ0n) is 7.54. The SMILES string of the molecule is CC/C=C(/NC(=O)C1CC1)C(=O)O. The molecule has 2 N–H and O–H groups in total. The summed E-state index contributed by atoms with van der Waals surface area (Å²) in [7, 11) is 0. The van der Waals surface area contributed by atoms with Crippen LogP contribution in [0.2, 0.25) is 0 Å². The Hall–Kier alpha value is -1.32. The zero-order valence-corrected chi connectivity index (χ0v) is 7.54. The fourth-order valence-corrected chi connectivity index (χ4v) is 0.976. The van der Waals surface area contributed by atoms with E-state index in [-0.39, 0.29) is 17.5 Å². The molecule has 4 nitrogen and oxygen atoms in total. The first kappa shape index (κ1) is 9.77. The van der Waals surface area contributed by atoms with E-state index in [0.29, 0.717) is 6.42 Å². The molecule has 1 aliphatic rings. The summed E-state index contributed by atoms with van der Waals surface area (Å²) in [5, 5.41) is 11.1. The third-order valence-corrected chi connectivity index (χ3v) is 1.84. The smallest absolute Gasteiger partial charge is 0.352 e. The predicted octanol–water partition coefficient (Wildman–Crippen LogP) is 0.891. The van der Waals surface area contributed by atoms with Crippen LogP contribution in [0.1, 0.15) is 26.2 Å². The molecule has 0 heterocycles. The second-order valence-electron chi connectivity index (χ2n) is 3.09. The van der Waals surface area contributed by atoms with Crippen molar-refractivity contribution in [1.82, 2.24) is 5.32 Å². The van der Waals surface area contributed by atoms with Gasteiger partial charge in [0.05, 0.1) is 0 Å². The minimum Gasteiger partial charge on any atom is -0.477 e. The van der Waals surface area contributed by atoms with Gasteiger partial charge in [-0.1, -0.05) is 13.0 Å². The van der Waals surface area contributed by atoms with Gasteiger partial charge in [0.2, 0.25) is 5.91 Å². The van der Waals surface area contributed by atoms with Crippen LogP contribution in [-0.4, -0.2) is 17.0 Å². The van der Waals surface area contributed by atoms with Crippen molar-refractivity contribution in [2.24, 2.45) is 5.92 Å². The maximum atomic E-state index is 11.2. The highest BCUT2D eigenvalue weighted by Gasteiger charge is 2.30. The Morgan fingerprint density at radius 1 is 1.54 bits per heavy atom. The lowest BCUT2D eigenvalue weighted by molar-refractivity contribution is -0.134. The molecule has 0 unspecified atom stereocenters. The van der Waals surface area contributed by atoms with E-state index in [2.05, 4.69) is 5.32 Å². The molecule has 0 bridgehead atoms. The van der Waals surface area contributed by atoms with Gasteiger partial charge in [-0.3, -0.25) is 4.79 Å². The number of hydrogen-bond donors (Lipinski definition) is 2. The van der Waals surface area contributed by atoms with Crippen molar-refractivity contribution < 1.29 is 14.7 Å². The molecule has 1 amide bonds. The van der Waals surface area contributed by atoms with E-state index in [4.69, 9.17) is 5.11 Å². The Morgan fingerprint density at radius 2 is 2.15 bits per heavy atom. The van der Waals surface area contributed by atoms with Crippen molar-refractivity contribution in [3.63, 3.8) is 0 Å². The first-order valence-corrected chi connectivity index (χ1v) is 4.39. The van der Waals surface area contributed by atoms with Crippen LogP contribution in [0.3, 0.4) is 0 Å². The number of carbonyl (C=O) groups excluding carboxylic acids is 1. The number of carboxylic acids is 1. The normalized spacial score (nSPS) is 16.8. The Morgan fingerprint density at radius 3 is 2.54 bits per heavy atom. The van der Waals surface area contributed by atoms with Crippen molar-refractivity contribution in [2.45, 2.75) is 26.2 Å². The number of hydrogen-bond acceptors (Lipinski definition) is 2. The minimum absolute atomic E-state index is 0.000556. The van der Waals surface area contributed by atoms with Gasteiger partial charge in [-0.15, -0.1) is 0 Å². The zero-order chi connectivity index (χ0) is 9.84. The van der Waals surface area contributed by atoms with Crippen LogP contribution in [0.4, 0.5) is 0 Å². The summed E-state index contributed by atoms with van der Waals surface area (Å²) in [6, 6.07) is 0. The third-order valence-electron chi connectivity index (χ3n) is 1.84. The molecule has 0 aliphatic heterocycles. The second kappa shape index (κ2) is 4.07. The highest BCUT2D eigenvalue weighted by atomic mass is 16.4. The molecule has 0 radical (unpaired) electrons. The standard InChI is InChI=1S/C9H13NO3/c1-2-3-7(9(12)13)10-8(11)6-4-5-6/h3,6H,2,4-5H2,1H3,(H,10,11)(H,12,13)/b7-3+. The molecule has 0 aromatic rings. The van der Waals surface area contributed by atoms with E-state index in [1.165, 1.54) is 6.08 Å². The lowest BCUT2D eigenvalue weighted by Crippen LogP contribution is -2.28. The quantitative estimate of drug-likeness (QED) is 0.636. The monoisotopic (exact) mass is 183 g/mol. The van der Waals surface area contributed by atoms with Crippen molar-refractivity contribution in [3.05, 3.63) is 11.8 Å². The first-order chi connectivity index (χ1) is 6.15. The van der Waals surface area contributed by atoms with E-state index < -0.39 is 5.97 Å². The maximum Gasteiger partial charge on any atom is 0.352 e. The average molecular weight is 183 g/mol. The molecule has 0 aromatic carbocycles. The summed E-state index contributed by atoms with van der Waals surface area (Å²) in [6.45, 7) is 1.83. The van der Waals surface area contributed by atoms with Crippen LogP contribution in [-0.2, 0) is 9.59 Å². The van der Waals surface area contributed by atoms with Gasteiger partial charge in [-0.05, 0) is 19.3 Å². The number of aliphatic carboxylic acids is 1. The Balaban J connectivity index is 2.51. The fraction of sp³-hybridized carbons (Fsp3) is 0.556. The van der Waals surface area contributed by atoms with E-state index in [1.807, 2.05) is 6.92 Å². The van der Waals surface area contributed by atoms with Crippen molar-refractivity contribution in [1.29, 1.82) is 0 Å². The number of carbonyl (C=O) groups is 2. The van der Waals surface area contributed by atoms with Gasteiger partial charge < -0.3 is 10.4 Å². The van der Waals surface area contributed by atoms with Crippen LogP contribution in [0.15, 0.2) is 11.8 Å². The van der Waals surface area contributed by atoms with Crippen molar-refractivity contribution >= 4 is 11.9 Å². The van der Waals surface area contributed by atoms with Gasteiger partial charge in [0.15, 0.2) is 0 Å². The molecule has 4 heteroatoms. The largest absolute Gasteiger partial charge is 0.477 e. The molecular weight excluding hydrogens is 170 g/mol. The molecule has 1 saturated carbocycles. The number of rotatable bonds is 4. The van der Waals surface area contributed by atoms with E-state index in [1.54, 1.807) is 0 Å². The maximum absolute atomic E-state index is 11.2. The van der Waals surface area contributed by atoms with Gasteiger partial charge in [0, 0.05) is 5.92 Å². The summed E-state index contributed by atoms with van der Waals surface area (Å²) >= 11 is 0. The van der Waals surface area contributed by atoms with Crippen LogP contribution in [0, 0.1) is 5.92 Å². The second-order valence-corrected chi connectivity index (χ2v) is 3.09. The topological polar surface area (TPSA) is 66.4 Å². The number of nitrogens with one attached hydrogen (secondary N) is 1. The number of carboxylic acid groups (broad SMARTS) is 1. The van der Waals surface area contributed by atoms with Gasteiger partial charge in [0.25, 0.3) is 0 Å². The van der Waals surface area contributed by atoms with Gasteiger partial charge >= 0.3 is 5.97 Å². The number of amides is 1. The highest BCUT2D eigenvalue weighted by molar-refractivity contribution is 5.93. The third kappa shape index (κ3) is 2.89. The summed E-state index contributed by atoms with van der Waals surface area (Å²) in [5.41, 5.74) is -0.000556. The molecule has 0 aromatic heterocycles. The molecule has 1 aliphatic carbocycles. The highest BCUT2D eigenvalue weighted by Crippen LogP contribution is 2.28. The summed E-state index contributed by atoms with van der Waals surface area (Å²) in [6.07, 6.45) is 3.87. The molecule has 1 fully saturated rings. The van der Waals surface area contributed by atoms with Gasteiger partial charge in [0.1, 0.15) is 5.70 Å². The Labute approximate surface area is 76.6 Å². The first-order valence-electron chi connectivity index (χ1n) is 4.39. The predicted molar refractivity (Wildman–Crippen MR) is 46.9 cm³/mol. The van der Waals surface area contributed by atoms with E-state index in [0.717, 1.165) is 12.8 Å². The lowest BCUT2D eigenvalue weighted by Gasteiger charge is -2.03. The fourth-order valence-electron chi connectivity index (χ4n) is 0.976. The van der Waals surface area contributed by atoms with Crippen LogP contribution < -0.4 is 5.32 Å². The van der Waals surface area contributed by atoms with Crippen molar-refractivity contribution in [3.8, 4) is 0 Å². The van der Waals surface area contributed by atoms with Gasteiger partial charge in [-0.2, -0.15) is 0 Å². The van der Waals surface area contributed by atoms with Crippen LogP contribution in [0.25, 0.3) is 0 Å². The minimum atomic E-state index is -1.07. The van der Waals surface area contributed by atoms with Crippen LogP contribution >= 0.6 is 0 Å². The van der Waals surface area contributed by atoms with E-state index in [9.17, 15) is 9.59 Å². The summed E-state index contributed by atoms with van der Waals surface area (Å²) < 4.78 is 0. The lowest BCUT2D eigenvalue weighted by atomic mass is 10.3. The Kier molecular flexibility index (Phi) is 3.06. The van der Waals surface area contributed by atoms with Crippen molar-refractivity contribution in [2.75, 3.05) is 0 Å². The van der Waals surface area contributed by atoms with Crippen LogP contribution in [0.5, 0.6) is 0 Å². The molecule has 72 valence electrons. The summed E-state index contributed by atoms with van der Waals surface area (Å²) in [5.74, 6) is -1.20. The molecule has 13 heavy (non-hydrogen) atoms. The molecule has 0 spiro atoms. The number of allylic oxidation sites excluding steroid dienone is 1. The van der Waals surface area contributed by atoms with E-state index >= 15 is 0 Å². The molecule has 0 atom stereocenters. The van der Waals surface area contributed by atoms with Gasteiger partial charge in [-0.25, -0.2) is 4.79 Å². The molecular formula is C9H13NO3. The summed E-state index contributed by atoms with van der Waals surface area (Å²) in [4.78, 5) is 21.8. The average Bonchev–Trinajstić information content (AvgIpc) is 2.85. The molecule has 1 rings (SSSR count).